The zero-order valence-corrected chi connectivity index (χ0v) is 15.0. The van der Waals surface area contributed by atoms with E-state index < -0.39 is 10.0 Å². The van der Waals surface area contributed by atoms with E-state index in [-0.39, 0.29) is 6.04 Å². The summed E-state index contributed by atoms with van der Waals surface area (Å²) in [5.41, 5.74) is 0. The number of rotatable bonds is 7. The third-order valence-electron chi connectivity index (χ3n) is 3.04. The quantitative estimate of drug-likeness (QED) is 0.804. The lowest BCUT2D eigenvalue weighted by molar-refractivity contribution is 0.368. The fourth-order valence-corrected chi connectivity index (χ4v) is 5.86. The molecule has 1 unspecified atom stereocenters. The van der Waals surface area contributed by atoms with Gasteiger partial charge in [0.25, 0.3) is 0 Å². The number of nitrogens with zero attached hydrogens (tertiary/aromatic N) is 1. The standard InChI is InChI=1S/C12H21BrN2O2S2/c1-5-6-9(2)15(4)19(16,17)11-7-10(8-14-3)18-12(11)13/h7,9,14H,5-6,8H2,1-4H3. The lowest BCUT2D eigenvalue weighted by Crippen LogP contribution is -2.34. The van der Waals surface area contributed by atoms with Crippen LogP contribution in [0.2, 0.25) is 0 Å². The van der Waals surface area contributed by atoms with Crippen LogP contribution in [0.15, 0.2) is 14.7 Å². The third-order valence-corrected chi connectivity index (χ3v) is 7.27. The molecule has 4 nitrogen and oxygen atoms in total. The fraction of sp³-hybridized carbons (Fsp3) is 0.667. The van der Waals surface area contributed by atoms with Crippen LogP contribution >= 0.6 is 27.3 Å². The number of thiophene rings is 1. The highest BCUT2D eigenvalue weighted by Gasteiger charge is 2.28. The summed E-state index contributed by atoms with van der Waals surface area (Å²) >= 11 is 4.82. The van der Waals surface area contributed by atoms with E-state index in [9.17, 15) is 8.42 Å². The molecule has 0 amide bonds. The third kappa shape index (κ3) is 4.01. The Morgan fingerprint density at radius 3 is 2.68 bits per heavy atom. The van der Waals surface area contributed by atoms with Crippen LogP contribution in [0.1, 0.15) is 31.6 Å². The van der Waals surface area contributed by atoms with Crippen molar-refractivity contribution in [2.24, 2.45) is 0 Å². The van der Waals surface area contributed by atoms with E-state index >= 15 is 0 Å². The van der Waals surface area contributed by atoms with E-state index in [0.29, 0.717) is 15.2 Å². The van der Waals surface area contributed by atoms with Crippen LogP contribution < -0.4 is 5.32 Å². The highest BCUT2D eigenvalue weighted by atomic mass is 79.9. The summed E-state index contributed by atoms with van der Waals surface area (Å²) in [7, 11) is 0.0753. The SMILES string of the molecule is CCCC(C)N(C)S(=O)(=O)c1cc(CNC)sc1Br. The van der Waals surface area contributed by atoms with Crippen molar-refractivity contribution in [3.05, 3.63) is 14.7 Å². The molecule has 1 aromatic heterocycles. The number of nitrogens with one attached hydrogen (secondary N) is 1. The minimum absolute atomic E-state index is 0.00884. The van der Waals surface area contributed by atoms with Crippen LogP contribution in [0.4, 0.5) is 0 Å². The van der Waals surface area contributed by atoms with E-state index in [0.717, 1.165) is 17.7 Å². The molecule has 1 rings (SSSR count). The van der Waals surface area contributed by atoms with Gasteiger partial charge >= 0.3 is 0 Å². The summed E-state index contributed by atoms with van der Waals surface area (Å²) < 4.78 is 27.3. The first-order valence-electron chi connectivity index (χ1n) is 6.25. The van der Waals surface area contributed by atoms with Gasteiger partial charge in [-0.25, -0.2) is 8.42 Å². The largest absolute Gasteiger partial charge is 0.315 e. The van der Waals surface area contributed by atoms with Gasteiger partial charge in [0, 0.05) is 24.5 Å². The molecule has 0 aliphatic rings. The number of halogens is 1. The second kappa shape index (κ2) is 7.17. The predicted octanol–water partition coefficient (Wildman–Crippen LogP) is 3.04. The molecule has 0 radical (unpaired) electrons. The Morgan fingerprint density at radius 2 is 2.16 bits per heavy atom. The number of hydrogen-bond donors (Lipinski definition) is 1. The molecule has 1 heterocycles. The van der Waals surface area contributed by atoms with Gasteiger partial charge in [0.1, 0.15) is 4.90 Å². The summed E-state index contributed by atoms with van der Waals surface area (Å²) in [4.78, 5) is 1.37. The van der Waals surface area contributed by atoms with Crippen LogP contribution in [-0.4, -0.2) is 32.9 Å². The van der Waals surface area contributed by atoms with Crippen molar-refractivity contribution in [1.82, 2.24) is 9.62 Å². The molecule has 1 atom stereocenters. The van der Waals surface area contributed by atoms with Crippen LogP contribution in [-0.2, 0) is 16.6 Å². The molecular formula is C12H21BrN2O2S2. The molecule has 0 bridgehead atoms. The average Bonchev–Trinajstić information content (AvgIpc) is 2.70. The summed E-state index contributed by atoms with van der Waals surface area (Å²) in [6, 6.07) is 1.75. The van der Waals surface area contributed by atoms with Gasteiger partial charge in [-0.3, -0.25) is 0 Å². The Kier molecular flexibility index (Phi) is 6.46. The molecule has 110 valence electrons. The van der Waals surface area contributed by atoms with E-state index in [4.69, 9.17) is 0 Å². The van der Waals surface area contributed by atoms with E-state index in [1.807, 2.05) is 14.0 Å². The van der Waals surface area contributed by atoms with Gasteiger partial charge in [-0.2, -0.15) is 4.31 Å². The molecule has 0 spiro atoms. The maximum Gasteiger partial charge on any atom is 0.245 e. The monoisotopic (exact) mass is 368 g/mol. The van der Waals surface area contributed by atoms with Gasteiger partial charge < -0.3 is 5.32 Å². The van der Waals surface area contributed by atoms with Gasteiger partial charge in [0.15, 0.2) is 0 Å². The maximum atomic E-state index is 12.6. The highest BCUT2D eigenvalue weighted by Crippen LogP contribution is 2.34. The molecule has 0 saturated heterocycles. The van der Waals surface area contributed by atoms with Crippen molar-refractivity contribution in [2.45, 2.75) is 44.2 Å². The second-order valence-electron chi connectivity index (χ2n) is 4.54. The van der Waals surface area contributed by atoms with Crippen molar-refractivity contribution in [2.75, 3.05) is 14.1 Å². The lowest BCUT2D eigenvalue weighted by Gasteiger charge is -2.23. The van der Waals surface area contributed by atoms with Gasteiger partial charge in [-0.05, 0) is 42.4 Å². The smallest absolute Gasteiger partial charge is 0.245 e. The molecule has 7 heteroatoms. The maximum absolute atomic E-state index is 12.6. The van der Waals surface area contributed by atoms with Gasteiger partial charge in [-0.1, -0.05) is 13.3 Å². The van der Waals surface area contributed by atoms with Gasteiger partial charge in [0.05, 0.1) is 3.79 Å². The molecule has 19 heavy (non-hydrogen) atoms. The first-order valence-corrected chi connectivity index (χ1v) is 9.30. The topological polar surface area (TPSA) is 49.4 Å². The van der Waals surface area contributed by atoms with E-state index in [2.05, 4.69) is 28.2 Å². The molecule has 0 aliphatic carbocycles. The Morgan fingerprint density at radius 1 is 1.53 bits per heavy atom. The lowest BCUT2D eigenvalue weighted by atomic mass is 10.2. The summed E-state index contributed by atoms with van der Waals surface area (Å²) in [6.45, 7) is 4.67. The van der Waals surface area contributed by atoms with Gasteiger partial charge in [0.2, 0.25) is 10.0 Å². The fourth-order valence-electron chi connectivity index (χ4n) is 1.83. The van der Waals surface area contributed by atoms with Gasteiger partial charge in [-0.15, -0.1) is 11.3 Å². The van der Waals surface area contributed by atoms with Crippen molar-refractivity contribution < 1.29 is 8.42 Å². The van der Waals surface area contributed by atoms with Crippen LogP contribution in [0, 0.1) is 0 Å². The Bertz CT molecular complexity index is 514. The second-order valence-corrected chi connectivity index (χ2v) is 8.96. The highest BCUT2D eigenvalue weighted by molar-refractivity contribution is 9.11. The molecule has 0 aliphatic heterocycles. The zero-order valence-electron chi connectivity index (χ0n) is 11.7. The molecule has 0 saturated carbocycles. The Labute approximate surface area is 128 Å². The van der Waals surface area contributed by atoms with Crippen LogP contribution in [0.3, 0.4) is 0 Å². The van der Waals surface area contributed by atoms with E-state index in [1.54, 1.807) is 13.1 Å². The van der Waals surface area contributed by atoms with Crippen molar-refractivity contribution in [1.29, 1.82) is 0 Å². The summed E-state index contributed by atoms with van der Waals surface area (Å²) in [5, 5.41) is 3.03. The molecule has 1 N–H and O–H groups in total. The summed E-state index contributed by atoms with van der Waals surface area (Å²) in [6.07, 6.45) is 1.83. The number of sulfonamides is 1. The first kappa shape index (κ1) is 17.1. The predicted molar refractivity (Wildman–Crippen MR) is 84.1 cm³/mol. The van der Waals surface area contributed by atoms with Crippen molar-refractivity contribution in [3.63, 3.8) is 0 Å². The van der Waals surface area contributed by atoms with Crippen molar-refractivity contribution in [3.8, 4) is 0 Å². The normalized spacial score (nSPS) is 14.0. The average molecular weight is 369 g/mol. The molecular weight excluding hydrogens is 348 g/mol. The minimum Gasteiger partial charge on any atom is -0.315 e. The molecule has 1 aromatic rings. The Hall–Kier alpha value is 0.0500. The summed E-state index contributed by atoms with van der Waals surface area (Å²) in [5.74, 6) is 0. The Balaban J connectivity index is 3.05. The molecule has 0 fully saturated rings. The zero-order chi connectivity index (χ0) is 14.6. The number of hydrogen-bond acceptors (Lipinski definition) is 4. The molecule has 0 aromatic carbocycles. The first-order chi connectivity index (χ1) is 8.84. The van der Waals surface area contributed by atoms with E-state index in [1.165, 1.54) is 15.6 Å². The van der Waals surface area contributed by atoms with Crippen LogP contribution in [0.5, 0.6) is 0 Å². The minimum atomic E-state index is -3.42. The van der Waals surface area contributed by atoms with Crippen molar-refractivity contribution >= 4 is 37.3 Å². The van der Waals surface area contributed by atoms with Crippen LogP contribution in [0.25, 0.3) is 0 Å².